The first kappa shape index (κ1) is 32.8. The van der Waals surface area contributed by atoms with Crippen LogP contribution in [-0.4, -0.2) is 174 Å². The Labute approximate surface area is 214 Å². The fourth-order valence-electron chi connectivity index (χ4n) is 3.63. The lowest BCUT2D eigenvalue weighted by Gasteiger charge is -2.42. The SMILES string of the molecule is CC(=O)OC(=O)[C@H](O)[C@@H](O)[C@H](O)[C@H](O)CO[C@H]1O[C@H](CO[C@H]2O[C@H](CO)[C@@H](O)[C@H](O)[C@H]2O)[C@@H](O)[C@H](O)[C@H]1O. The van der Waals surface area contributed by atoms with Gasteiger partial charge in [-0.2, -0.15) is 0 Å². The van der Waals surface area contributed by atoms with Crippen molar-refractivity contribution in [3.63, 3.8) is 0 Å². The number of esters is 2. The van der Waals surface area contributed by atoms with Crippen LogP contribution in [0.15, 0.2) is 0 Å². The largest absolute Gasteiger partial charge is 0.394 e. The lowest BCUT2D eigenvalue weighted by atomic mass is 9.98. The minimum Gasteiger partial charge on any atom is -0.394 e. The second kappa shape index (κ2) is 14.3. The second-order valence-electron chi connectivity index (χ2n) is 8.78. The molecule has 0 radical (unpaired) electrons. The van der Waals surface area contributed by atoms with Gasteiger partial charge in [-0.3, -0.25) is 4.79 Å². The van der Waals surface area contributed by atoms with Crippen molar-refractivity contribution in [2.24, 2.45) is 0 Å². The van der Waals surface area contributed by atoms with Crippen molar-refractivity contribution in [2.75, 3.05) is 19.8 Å². The molecule has 0 aromatic rings. The molecule has 14 atom stereocenters. The topological polar surface area (TPSA) is 303 Å². The fraction of sp³-hybridized carbons (Fsp3) is 0.900. The van der Waals surface area contributed by atoms with Crippen LogP contribution in [0.4, 0.5) is 0 Å². The molecular weight excluding hydrogens is 528 g/mol. The van der Waals surface area contributed by atoms with Crippen molar-refractivity contribution in [2.45, 2.75) is 92.8 Å². The number of carbonyl (C=O) groups is 2. The Balaban J connectivity index is 1.95. The van der Waals surface area contributed by atoms with E-state index >= 15 is 0 Å². The van der Waals surface area contributed by atoms with Crippen LogP contribution >= 0.6 is 0 Å². The molecule has 0 aliphatic carbocycles. The van der Waals surface area contributed by atoms with Crippen LogP contribution in [0.2, 0.25) is 0 Å². The van der Waals surface area contributed by atoms with E-state index in [1.165, 1.54) is 0 Å². The van der Waals surface area contributed by atoms with Crippen LogP contribution in [-0.2, 0) is 33.3 Å². The maximum atomic E-state index is 11.5. The smallest absolute Gasteiger partial charge is 0.345 e. The van der Waals surface area contributed by atoms with Crippen LogP contribution < -0.4 is 0 Å². The first-order chi connectivity index (χ1) is 17.7. The molecule has 2 aliphatic heterocycles. The highest BCUT2D eigenvalue weighted by atomic mass is 16.7. The Morgan fingerprint density at radius 3 is 1.76 bits per heavy atom. The van der Waals surface area contributed by atoms with Crippen molar-refractivity contribution in [1.29, 1.82) is 0 Å². The van der Waals surface area contributed by atoms with E-state index in [0.29, 0.717) is 0 Å². The molecule has 222 valence electrons. The molecule has 11 N–H and O–H groups in total. The van der Waals surface area contributed by atoms with E-state index in [0.717, 1.165) is 6.92 Å². The van der Waals surface area contributed by atoms with Crippen LogP contribution in [0.1, 0.15) is 6.92 Å². The normalized spacial score (nSPS) is 39.2. The third-order valence-electron chi connectivity index (χ3n) is 5.93. The molecule has 0 aromatic carbocycles. The third-order valence-corrected chi connectivity index (χ3v) is 5.93. The Kier molecular flexibility index (Phi) is 12.3. The monoisotopic (exact) mass is 562 g/mol. The van der Waals surface area contributed by atoms with Gasteiger partial charge in [-0.1, -0.05) is 0 Å². The molecule has 0 spiro atoms. The molecule has 0 bridgehead atoms. The van der Waals surface area contributed by atoms with Gasteiger partial charge in [0.25, 0.3) is 0 Å². The minimum atomic E-state index is -2.42. The number of aliphatic hydroxyl groups excluding tert-OH is 11. The molecule has 2 saturated heterocycles. The van der Waals surface area contributed by atoms with Gasteiger partial charge in [0.1, 0.15) is 67.1 Å². The minimum absolute atomic E-state index is 0.651. The van der Waals surface area contributed by atoms with Crippen molar-refractivity contribution in [1.82, 2.24) is 0 Å². The highest BCUT2D eigenvalue weighted by Gasteiger charge is 2.48. The summed E-state index contributed by atoms with van der Waals surface area (Å²) >= 11 is 0. The molecule has 2 fully saturated rings. The van der Waals surface area contributed by atoms with E-state index in [-0.39, 0.29) is 0 Å². The van der Waals surface area contributed by atoms with Gasteiger partial charge in [0, 0.05) is 6.92 Å². The number of hydrogen-bond acceptors (Lipinski definition) is 18. The first-order valence-corrected chi connectivity index (χ1v) is 11.4. The van der Waals surface area contributed by atoms with Gasteiger partial charge in [-0.25, -0.2) is 4.79 Å². The third kappa shape index (κ3) is 7.81. The molecule has 0 amide bonds. The number of hydrogen-bond donors (Lipinski definition) is 11. The van der Waals surface area contributed by atoms with Crippen molar-refractivity contribution in [3.8, 4) is 0 Å². The second-order valence-corrected chi connectivity index (χ2v) is 8.78. The Morgan fingerprint density at radius 1 is 0.737 bits per heavy atom. The van der Waals surface area contributed by atoms with Gasteiger partial charge in [0.05, 0.1) is 19.8 Å². The lowest BCUT2D eigenvalue weighted by molar-refractivity contribution is -0.333. The van der Waals surface area contributed by atoms with Gasteiger partial charge in [0.2, 0.25) is 0 Å². The summed E-state index contributed by atoms with van der Waals surface area (Å²) in [6, 6.07) is 0. The Hall–Kier alpha value is -1.46. The van der Waals surface area contributed by atoms with Gasteiger partial charge >= 0.3 is 11.9 Å². The summed E-state index contributed by atoms with van der Waals surface area (Å²) in [5.74, 6) is -2.70. The Morgan fingerprint density at radius 2 is 1.24 bits per heavy atom. The Bertz CT molecular complexity index is 766. The van der Waals surface area contributed by atoms with Gasteiger partial charge < -0.3 is 79.9 Å². The van der Waals surface area contributed by atoms with Gasteiger partial charge in [-0.15, -0.1) is 0 Å². The zero-order valence-corrected chi connectivity index (χ0v) is 20.0. The summed E-state index contributed by atoms with van der Waals surface area (Å²) in [6.07, 6.45) is -25.9. The van der Waals surface area contributed by atoms with Crippen LogP contribution in [0.5, 0.6) is 0 Å². The lowest BCUT2D eigenvalue weighted by Crippen LogP contribution is -2.62. The van der Waals surface area contributed by atoms with E-state index in [9.17, 15) is 65.8 Å². The molecular formula is C20H34O18. The summed E-state index contributed by atoms with van der Waals surface area (Å²) < 4.78 is 24.9. The average molecular weight is 562 g/mol. The van der Waals surface area contributed by atoms with Gasteiger partial charge in [0.15, 0.2) is 18.7 Å². The van der Waals surface area contributed by atoms with E-state index in [2.05, 4.69) is 4.74 Å². The first-order valence-electron chi connectivity index (χ1n) is 11.4. The quantitative estimate of drug-likeness (QED) is 0.0822. The van der Waals surface area contributed by atoms with E-state index in [1.807, 2.05) is 0 Å². The van der Waals surface area contributed by atoms with Gasteiger partial charge in [-0.05, 0) is 0 Å². The summed E-state index contributed by atoms with van der Waals surface area (Å²) in [5.41, 5.74) is 0. The molecule has 38 heavy (non-hydrogen) atoms. The van der Waals surface area contributed by atoms with Crippen LogP contribution in [0.3, 0.4) is 0 Å². The fourth-order valence-corrected chi connectivity index (χ4v) is 3.63. The molecule has 2 rings (SSSR count). The summed E-state index contributed by atoms with van der Waals surface area (Å²) in [7, 11) is 0. The van der Waals surface area contributed by atoms with Crippen molar-refractivity contribution in [3.05, 3.63) is 0 Å². The van der Waals surface area contributed by atoms with E-state index < -0.39 is 118 Å². The highest BCUT2D eigenvalue weighted by Crippen LogP contribution is 2.26. The van der Waals surface area contributed by atoms with Crippen molar-refractivity contribution < 1.29 is 89.4 Å². The maximum Gasteiger partial charge on any atom is 0.345 e. The molecule has 18 nitrogen and oxygen atoms in total. The predicted octanol–water partition coefficient (Wildman–Crippen LogP) is -7.84. The molecule has 18 heteroatoms. The summed E-state index contributed by atoms with van der Waals surface area (Å²) in [6.45, 7) is -1.45. The number of rotatable bonds is 11. The highest BCUT2D eigenvalue weighted by molar-refractivity contribution is 5.87. The summed E-state index contributed by atoms with van der Waals surface area (Å²) in [4.78, 5) is 22.3. The zero-order valence-electron chi connectivity index (χ0n) is 20.0. The average Bonchev–Trinajstić information content (AvgIpc) is 2.88. The number of carbonyl (C=O) groups excluding carboxylic acids is 2. The number of ether oxygens (including phenoxy) is 5. The molecule has 2 heterocycles. The molecule has 0 saturated carbocycles. The van der Waals surface area contributed by atoms with Crippen molar-refractivity contribution >= 4 is 11.9 Å². The summed E-state index contributed by atoms with van der Waals surface area (Å²) in [5, 5.41) is 109. The van der Waals surface area contributed by atoms with E-state index in [1.54, 1.807) is 0 Å². The maximum absolute atomic E-state index is 11.5. The van der Waals surface area contributed by atoms with Crippen LogP contribution in [0.25, 0.3) is 0 Å². The molecule has 0 unspecified atom stereocenters. The zero-order chi connectivity index (χ0) is 28.9. The molecule has 0 aromatic heterocycles. The van der Waals surface area contributed by atoms with E-state index in [4.69, 9.17) is 18.9 Å². The molecule has 2 aliphatic rings. The standard InChI is InChI=1S/C20H34O18/c1-5(22)36-18(33)15(30)12(27)9(24)6(23)3-34-19-17(32)14(29)11(26)8(38-19)4-35-20-16(31)13(28)10(25)7(2-21)37-20/h6-17,19-21,23-32H,2-4H2,1H3/t6-,7-,8-,9-,10-,11-,12+,13+,14+,15-,16-,17-,19+,20+/m1/s1. The number of aliphatic hydroxyl groups is 11. The van der Waals surface area contributed by atoms with Crippen LogP contribution in [0, 0.1) is 0 Å². The predicted molar refractivity (Wildman–Crippen MR) is 113 cm³/mol.